The number of aryl methyl sites for hydroxylation is 1. The van der Waals surface area contributed by atoms with Gasteiger partial charge in [-0.1, -0.05) is 36.7 Å². The van der Waals surface area contributed by atoms with E-state index in [1.54, 1.807) is 0 Å². The summed E-state index contributed by atoms with van der Waals surface area (Å²) in [6.45, 7) is 2.12. The number of benzene rings is 1. The maximum absolute atomic E-state index is 6.00. The Morgan fingerprint density at radius 2 is 2.16 bits per heavy atom. The molecule has 0 saturated heterocycles. The van der Waals surface area contributed by atoms with Crippen molar-refractivity contribution < 1.29 is 0 Å². The number of pyridine rings is 1. The van der Waals surface area contributed by atoms with Crippen LogP contribution >= 0.6 is 11.6 Å². The molecule has 19 heavy (non-hydrogen) atoms. The molecule has 2 rings (SSSR count). The Bertz CT molecular complexity index is 525. The van der Waals surface area contributed by atoms with E-state index in [0.717, 1.165) is 24.1 Å². The van der Waals surface area contributed by atoms with Crippen molar-refractivity contribution in [2.45, 2.75) is 25.8 Å². The first-order chi connectivity index (χ1) is 9.22. The summed E-state index contributed by atoms with van der Waals surface area (Å²) in [6.07, 6.45) is 3.65. The average Bonchev–Trinajstić information content (AvgIpc) is 2.45. The van der Waals surface area contributed by atoms with Gasteiger partial charge in [-0.3, -0.25) is 16.3 Å². The highest BCUT2D eigenvalue weighted by atomic mass is 35.5. The third-order valence-corrected chi connectivity index (χ3v) is 3.39. The SMILES string of the molecule is CCc1ccc(CC(NN)c2cccc(Cl)c2)nc1. The number of nitrogens with one attached hydrogen (secondary N) is 1. The maximum atomic E-state index is 6.00. The van der Waals surface area contributed by atoms with Crippen molar-refractivity contribution in [3.63, 3.8) is 0 Å². The molecule has 0 fully saturated rings. The van der Waals surface area contributed by atoms with Crippen molar-refractivity contribution in [3.8, 4) is 0 Å². The molecule has 0 aliphatic carbocycles. The molecule has 1 atom stereocenters. The van der Waals surface area contributed by atoms with Gasteiger partial charge in [0.2, 0.25) is 0 Å². The Labute approximate surface area is 118 Å². The smallest absolute Gasteiger partial charge is 0.0515 e. The minimum atomic E-state index is 0.0127. The summed E-state index contributed by atoms with van der Waals surface area (Å²) in [5.41, 5.74) is 6.14. The van der Waals surface area contributed by atoms with Gasteiger partial charge in [0, 0.05) is 23.3 Å². The quantitative estimate of drug-likeness (QED) is 0.651. The van der Waals surface area contributed by atoms with Crippen LogP contribution in [0.3, 0.4) is 0 Å². The lowest BCUT2D eigenvalue weighted by molar-refractivity contribution is 0.546. The number of nitrogens with two attached hydrogens (primary N) is 1. The van der Waals surface area contributed by atoms with Gasteiger partial charge >= 0.3 is 0 Å². The van der Waals surface area contributed by atoms with Crippen LogP contribution < -0.4 is 11.3 Å². The lowest BCUT2D eigenvalue weighted by Crippen LogP contribution is -2.29. The van der Waals surface area contributed by atoms with E-state index in [1.807, 2.05) is 36.5 Å². The second-order valence-electron chi connectivity index (χ2n) is 4.49. The Hall–Kier alpha value is -1.42. The number of nitrogens with zero attached hydrogens (tertiary/aromatic N) is 1. The van der Waals surface area contributed by atoms with Crippen molar-refractivity contribution in [2.75, 3.05) is 0 Å². The minimum absolute atomic E-state index is 0.0127. The van der Waals surface area contributed by atoms with Crippen molar-refractivity contribution >= 4 is 11.6 Å². The molecule has 0 radical (unpaired) electrons. The van der Waals surface area contributed by atoms with Gasteiger partial charge in [0.05, 0.1) is 6.04 Å². The molecule has 0 aliphatic rings. The summed E-state index contributed by atoms with van der Waals surface area (Å²) >= 11 is 6.00. The molecular weight excluding hydrogens is 258 g/mol. The fourth-order valence-electron chi connectivity index (χ4n) is 1.99. The normalized spacial score (nSPS) is 12.4. The average molecular weight is 276 g/mol. The third-order valence-electron chi connectivity index (χ3n) is 3.16. The minimum Gasteiger partial charge on any atom is -0.271 e. The van der Waals surface area contributed by atoms with E-state index in [1.165, 1.54) is 5.56 Å². The van der Waals surface area contributed by atoms with E-state index >= 15 is 0 Å². The first-order valence-corrected chi connectivity index (χ1v) is 6.76. The highest BCUT2D eigenvalue weighted by molar-refractivity contribution is 6.30. The van der Waals surface area contributed by atoms with Crippen LogP contribution in [0.15, 0.2) is 42.6 Å². The Morgan fingerprint density at radius 1 is 1.32 bits per heavy atom. The molecule has 4 heteroatoms. The van der Waals surface area contributed by atoms with E-state index in [2.05, 4.69) is 23.4 Å². The Kier molecular flexibility index (Phi) is 4.91. The van der Waals surface area contributed by atoms with Gasteiger partial charge in [0.1, 0.15) is 0 Å². The molecule has 0 bridgehead atoms. The second kappa shape index (κ2) is 6.66. The van der Waals surface area contributed by atoms with Crippen LogP contribution in [0.2, 0.25) is 5.02 Å². The zero-order valence-corrected chi connectivity index (χ0v) is 11.7. The van der Waals surface area contributed by atoms with Gasteiger partial charge in [-0.05, 0) is 35.7 Å². The number of hydrogen-bond donors (Lipinski definition) is 2. The van der Waals surface area contributed by atoms with Gasteiger partial charge in [-0.2, -0.15) is 0 Å². The molecule has 3 N–H and O–H groups in total. The van der Waals surface area contributed by atoms with Crippen molar-refractivity contribution in [1.29, 1.82) is 0 Å². The summed E-state index contributed by atoms with van der Waals surface area (Å²) in [4.78, 5) is 4.46. The van der Waals surface area contributed by atoms with Gasteiger partial charge in [-0.25, -0.2) is 0 Å². The predicted octanol–water partition coefficient (Wildman–Crippen LogP) is 3.04. The Balaban J connectivity index is 2.14. The highest BCUT2D eigenvalue weighted by Gasteiger charge is 2.11. The zero-order valence-electron chi connectivity index (χ0n) is 10.9. The molecular formula is C15H18ClN3. The number of rotatable bonds is 5. The van der Waals surface area contributed by atoms with Gasteiger partial charge < -0.3 is 0 Å². The summed E-state index contributed by atoms with van der Waals surface area (Å²) in [6, 6.07) is 11.9. The lowest BCUT2D eigenvalue weighted by Gasteiger charge is -2.16. The largest absolute Gasteiger partial charge is 0.271 e. The second-order valence-corrected chi connectivity index (χ2v) is 4.93. The highest BCUT2D eigenvalue weighted by Crippen LogP contribution is 2.20. The zero-order chi connectivity index (χ0) is 13.7. The standard InChI is InChI=1S/C15H18ClN3/c1-2-11-6-7-14(18-10-11)9-15(19-17)12-4-3-5-13(16)8-12/h3-8,10,15,19H,2,9,17H2,1H3. The fourth-order valence-corrected chi connectivity index (χ4v) is 2.19. The molecule has 1 aromatic heterocycles. The van der Waals surface area contributed by atoms with Crippen LogP contribution in [-0.2, 0) is 12.8 Å². The van der Waals surface area contributed by atoms with Crippen LogP contribution in [0.25, 0.3) is 0 Å². The number of hydrogen-bond acceptors (Lipinski definition) is 3. The molecule has 3 nitrogen and oxygen atoms in total. The summed E-state index contributed by atoms with van der Waals surface area (Å²) in [5.74, 6) is 5.64. The molecule has 1 aromatic carbocycles. The third kappa shape index (κ3) is 3.77. The van der Waals surface area contributed by atoms with Gasteiger partial charge in [0.15, 0.2) is 0 Å². The van der Waals surface area contributed by atoms with Crippen LogP contribution in [0.1, 0.15) is 29.8 Å². The first kappa shape index (κ1) is 14.0. The maximum Gasteiger partial charge on any atom is 0.0515 e. The number of aromatic nitrogens is 1. The van der Waals surface area contributed by atoms with Crippen molar-refractivity contribution in [2.24, 2.45) is 5.84 Å². The van der Waals surface area contributed by atoms with Gasteiger partial charge in [-0.15, -0.1) is 0 Å². The summed E-state index contributed by atoms with van der Waals surface area (Å²) in [7, 11) is 0. The van der Waals surface area contributed by atoms with E-state index in [9.17, 15) is 0 Å². The van der Waals surface area contributed by atoms with Crippen molar-refractivity contribution in [1.82, 2.24) is 10.4 Å². The molecule has 0 amide bonds. The number of halogens is 1. The first-order valence-electron chi connectivity index (χ1n) is 6.38. The molecule has 100 valence electrons. The molecule has 0 aliphatic heterocycles. The van der Waals surface area contributed by atoms with E-state index in [4.69, 9.17) is 17.4 Å². The molecule has 2 aromatic rings. The van der Waals surface area contributed by atoms with E-state index in [0.29, 0.717) is 5.02 Å². The summed E-state index contributed by atoms with van der Waals surface area (Å²) in [5, 5.41) is 0.715. The van der Waals surface area contributed by atoms with Crippen LogP contribution in [0, 0.1) is 0 Å². The monoisotopic (exact) mass is 275 g/mol. The Morgan fingerprint density at radius 3 is 2.74 bits per heavy atom. The molecule has 1 heterocycles. The lowest BCUT2D eigenvalue weighted by atomic mass is 10.0. The predicted molar refractivity (Wildman–Crippen MR) is 78.8 cm³/mol. The van der Waals surface area contributed by atoms with E-state index in [-0.39, 0.29) is 6.04 Å². The fraction of sp³-hybridized carbons (Fsp3) is 0.267. The summed E-state index contributed by atoms with van der Waals surface area (Å²) < 4.78 is 0. The molecule has 0 spiro atoms. The van der Waals surface area contributed by atoms with Crippen LogP contribution in [0.4, 0.5) is 0 Å². The van der Waals surface area contributed by atoms with Crippen LogP contribution in [-0.4, -0.2) is 4.98 Å². The van der Waals surface area contributed by atoms with Gasteiger partial charge in [0.25, 0.3) is 0 Å². The topological polar surface area (TPSA) is 50.9 Å². The molecule has 0 saturated carbocycles. The van der Waals surface area contributed by atoms with Crippen LogP contribution in [0.5, 0.6) is 0 Å². The van der Waals surface area contributed by atoms with Crippen molar-refractivity contribution in [3.05, 3.63) is 64.4 Å². The molecule has 1 unspecified atom stereocenters. The number of hydrazine groups is 1. The van der Waals surface area contributed by atoms with E-state index < -0.39 is 0 Å².